The summed E-state index contributed by atoms with van der Waals surface area (Å²) in [7, 11) is 0. The Morgan fingerprint density at radius 1 is 0.344 bits per heavy atom. The van der Waals surface area contributed by atoms with E-state index in [-0.39, 0.29) is 37.5 Å². The zero-order valence-corrected chi connectivity index (χ0v) is 38.9. The zero-order valence-electron chi connectivity index (χ0n) is 38.9. The van der Waals surface area contributed by atoms with Crippen molar-refractivity contribution in [3.63, 3.8) is 0 Å². The number of hydrogen-bond donors (Lipinski definition) is 0. The fourth-order valence-electron chi connectivity index (χ4n) is 5.97. The van der Waals surface area contributed by atoms with E-state index in [0.29, 0.717) is 12.8 Å². The van der Waals surface area contributed by atoms with Gasteiger partial charge >= 0.3 is 17.9 Å². The predicted molar refractivity (Wildman–Crippen MR) is 260 cm³/mol. The minimum absolute atomic E-state index is 0.112. The number of unbranched alkanes of at least 4 members (excludes halogenated alkanes) is 12. The maximum atomic E-state index is 12.8. The lowest BCUT2D eigenvalue weighted by Gasteiger charge is -2.18. The second-order valence-corrected chi connectivity index (χ2v) is 15.3. The van der Waals surface area contributed by atoms with E-state index in [0.717, 1.165) is 148 Å². The van der Waals surface area contributed by atoms with Crippen LogP contribution in [-0.4, -0.2) is 37.2 Å². The average Bonchev–Trinajstić information content (AvgIpc) is 3.26. The molecule has 0 saturated carbocycles. The highest BCUT2D eigenvalue weighted by Crippen LogP contribution is 2.12. The molecule has 1 unspecified atom stereocenters. The molecule has 0 spiro atoms. The van der Waals surface area contributed by atoms with Crippen molar-refractivity contribution in [2.24, 2.45) is 0 Å². The minimum atomic E-state index is -0.814. The average molecular weight is 843 g/mol. The van der Waals surface area contributed by atoms with Crippen LogP contribution in [0.25, 0.3) is 0 Å². The fourth-order valence-corrected chi connectivity index (χ4v) is 5.97. The summed E-state index contributed by atoms with van der Waals surface area (Å²) < 4.78 is 16.7. The summed E-state index contributed by atoms with van der Waals surface area (Å²) in [5.41, 5.74) is 0. The third-order valence-electron chi connectivity index (χ3n) is 9.50. The van der Waals surface area contributed by atoms with Crippen LogP contribution in [0.4, 0.5) is 0 Å². The van der Waals surface area contributed by atoms with Gasteiger partial charge in [0.05, 0.1) is 0 Å². The van der Waals surface area contributed by atoms with Gasteiger partial charge in [-0.3, -0.25) is 14.4 Å². The summed E-state index contributed by atoms with van der Waals surface area (Å²) in [6.45, 7) is 6.18. The van der Waals surface area contributed by atoms with E-state index in [9.17, 15) is 14.4 Å². The van der Waals surface area contributed by atoms with Crippen molar-refractivity contribution in [1.29, 1.82) is 0 Å². The lowest BCUT2D eigenvalue weighted by molar-refractivity contribution is -0.167. The molecule has 6 heteroatoms. The van der Waals surface area contributed by atoms with Crippen LogP contribution >= 0.6 is 0 Å². The summed E-state index contributed by atoms with van der Waals surface area (Å²) in [5.74, 6) is -0.997. The Kier molecular flexibility index (Phi) is 45.1. The molecule has 0 aromatic carbocycles. The number of allylic oxidation sites excluding steroid dienone is 20. The fraction of sp³-hybridized carbons (Fsp3) is 0.582. The third-order valence-corrected chi connectivity index (χ3v) is 9.50. The molecule has 0 aliphatic rings. The molecule has 0 heterocycles. The molecule has 0 saturated heterocycles. The van der Waals surface area contributed by atoms with Gasteiger partial charge in [0, 0.05) is 19.3 Å². The molecule has 0 rings (SSSR count). The highest BCUT2D eigenvalue weighted by molar-refractivity contribution is 5.71. The van der Waals surface area contributed by atoms with Crippen LogP contribution in [0, 0.1) is 0 Å². The number of carbonyl (C=O) groups excluding carboxylic acids is 3. The Hall–Kier alpha value is -4.19. The van der Waals surface area contributed by atoms with Crippen molar-refractivity contribution < 1.29 is 28.6 Å². The van der Waals surface area contributed by atoms with E-state index in [2.05, 4.69) is 136 Å². The van der Waals surface area contributed by atoms with Crippen LogP contribution in [0.1, 0.15) is 188 Å². The molecule has 0 fully saturated rings. The van der Waals surface area contributed by atoms with Crippen LogP contribution in [0.5, 0.6) is 0 Å². The van der Waals surface area contributed by atoms with Crippen molar-refractivity contribution >= 4 is 17.9 Å². The molecule has 0 aromatic rings. The second-order valence-electron chi connectivity index (χ2n) is 15.3. The van der Waals surface area contributed by atoms with E-state index in [4.69, 9.17) is 14.2 Å². The van der Waals surface area contributed by atoms with Crippen molar-refractivity contribution in [2.75, 3.05) is 13.2 Å². The Morgan fingerprint density at radius 2 is 0.672 bits per heavy atom. The van der Waals surface area contributed by atoms with Gasteiger partial charge in [-0.25, -0.2) is 0 Å². The SMILES string of the molecule is CC/C=C/C=C/C=C/CCCCCCCC(=O)OCC(COC(=O)CCCCC/C=C/C/C=C/C/C=C/C/C=C/CC)OC(=O)CCCCCC/C=C/C/C=C/C/C=C/CC. The topological polar surface area (TPSA) is 78.9 Å². The van der Waals surface area contributed by atoms with Crippen LogP contribution < -0.4 is 0 Å². The molecule has 0 N–H and O–H groups in total. The third kappa shape index (κ3) is 46.7. The van der Waals surface area contributed by atoms with Crippen LogP contribution in [0.3, 0.4) is 0 Å². The molecule has 0 bridgehead atoms. The van der Waals surface area contributed by atoms with Gasteiger partial charge in [0.15, 0.2) is 6.10 Å². The lowest BCUT2D eigenvalue weighted by Crippen LogP contribution is -2.30. The van der Waals surface area contributed by atoms with Crippen molar-refractivity contribution in [2.45, 2.75) is 194 Å². The normalized spacial score (nSPS) is 13.2. The molecule has 0 aliphatic heterocycles. The van der Waals surface area contributed by atoms with Crippen LogP contribution in [-0.2, 0) is 28.6 Å². The lowest BCUT2D eigenvalue weighted by atomic mass is 10.1. The van der Waals surface area contributed by atoms with Gasteiger partial charge < -0.3 is 14.2 Å². The monoisotopic (exact) mass is 843 g/mol. The molecule has 342 valence electrons. The first-order chi connectivity index (χ1) is 30.0. The smallest absolute Gasteiger partial charge is 0.306 e. The highest BCUT2D eigenvalue weighted by Gasteiger charge is 2.19. The van der Waals surface area contributed by atoms with Gasteiger partial charge in [-0.15, -0.1) is 0 Å². The number of rotatable bonds is 41. The number of carbonyl (C=O) groups is 3. The van der Waals surface area contributed by atoms with Crippen molar-refractivity contribution in [1.82, 2.24) is 0 Å². The molecule has 0 aliphatic carbocycles. The van der Waals surface area contributed by atoms with Gasteiger partial charge in [-0.2, -0.15) is 0 Å². The van der Waals surface area contributed by atoms with Gasteiger partial charge in [-0.1, -0.05) is 181 Å². The molecular weight excluding hydrogens is 757 g/mol. The van der Waals surface area contributed by atoms with Crippen molar-refractivity contribution in [3.8, 4) is 0 Å². The maximum absolute atomic E-state index is 12.8. The molecule has 61 heavy (non-hydrogen) atoms. The first kappa shape index (κ1) is 56.8. The van der Waals surface area contributed by atoms with Gasteiger partial charge in [0.1, 0.15) is 13.2 Å². The molecule has 1 atom stereocenters. The Bertz CT molecular complexity index is 1340. The van der Waals surface area contributed by atoms with E-state index < -0.39 is 6.10 Å². The Morgan fingerprint density at radius 3 is 1.11 bits per heavy atom. The van der Waals surface area contributed by atoms with E-state index in [1.54, 1.807) is 0 Å². The van der Waals surface area contributed by atoms with E-state index in [1.807, 2.05) is 6.08 Å². The van der Waals surface area contributed by atoms with E-state index >= 15 is 0 Å². The Labute approximate surface area is 373 Å². The summed E-state index contributed by atoms with van der Waals surface area (Å²) in [6.07, 6.45) is 66.1. The predicted octanol–water partition coefficient (Wildman–Crippen LogP) is 15.7. The number of esters is 3. The standard InChI is InChI=1S/C55H86O6/c1-4-7-10-13-16-19-22-25-27-28-31-33-36-39-42-45-48-54(57)60-51-52(50-59-53(56)47-44-41-38-35-32-29-24-21-18-15-12-9-6-3)61-55(58)49-46-43-40-37-34-30-26-23-20-17-14-11-8-5-2/h7-12,15-21,24-27,30-31,33,52H,4-6,13-14,22-23,28-29,32,34-51H2,1-3H3/b10-7+,11-8+,12-9+,18-15+,19-16+,20-17+,24-21+,27-25+,30-26+,33-31+. The molecule has 6 nitrogen and oxygen atoms in total. The molecule has 0 amide bonds. The minimum Gasteiger partial charge on any atom is -0.462 e. The van der Waals surface area contributed by atoms with Crippen molar-refractivity contribution in [3.05, 3.63) is 122 Å². The number of ether oxygens (including phenoxy) is 3. The van der Waals surface area contributed by atoms with Gasteiger partial charge in [0.2, 0.25) is 0 Å². The molecule has 0 aromatic heterocycles. The molecule has 0 radical (unpaired) electrons. The van der Waals surface area contributed by atoms with Gasteiger partial charge in [-0.05, 0) is 109 Å². The number of hydrogen-bond acceptors (Lipinski definition) is 6. The summed E-state index contributed by atoms with van der Waals surface area (Å²) in [6, 6.07) is 0. The van der Waals surface area contributed by atoms with E-state index in [1.165, 1.54) is 0 Å². The summed E-state index contributed by atoms with van der Waals surface area (Å²) in [4.78, 5) is 37.9. The molecular formula is C55H86O6. The second kappa shape index (κ2) is 48.5. The van der Waals surface area contributed by atoms with Crippen LogP contribution in [0.15, 0.2) is 122 Å². The first-order valence-electron chi connectivity index (χ1n) is 24.1. The highest BCUT2D eigenvalue weighted by atomic mass is 16.6. The quantitative estimate of drug-likeness (QED) is 0.0201. The zero-order chi connectivity index (χ0) is 44.4. The summed E-state index contributed by atoms with van der Waals surface area (Å²) in [5, 5.41) is 0. The largest absolute Gasteiger partial charge is 0.462 e. The maximum Gasteiger partial charge on any atom is 0.306 e. The van der Waals surface area contributed by atoms with Gasteiger partial charge in [0.25, 0.3) is 0 Å². The Balaban J connectivity index is 4.54. The summed E-state index contributed by atoms with van der Waals surface area (Å²) >= 11 is 0. The van der Waals surface area contributed by atoms with Crippen LogP contribution in [0.2, 0.25) is 0 Å². The first-order valence-corrected chi connectivity index (χ1v) is 24.1.